The molecule has 0 radical (unpaired) electrons. The quantitative estimate of drug-likeness (QED) is 0.720. The van der Waals surface area contributed by atoms with Gasteiger partial charge in [-0.3, -0.25) is 14.6 Å². The fourth-order valence-corrected chi connectivity index (χ4v) is 2.85. The third-order valence-electron chi connectivity index (χ3n) is 2.47. The van der Waals surface area contributed by atoms with E-state index in [-0.39, 0.29) is 11.3 Å². The number of allylic oxidation sites excluding steroid dienone is 2. The number of carbonyl (C=O) groups excluding carboxylic acids is 2. The molecule has 5 nitrogen and oxygen atoms in total. The number of ketones is 1. The number of thioether (sulfide) groups is 1. The topological polar surface area (TPSA) is 96.3 Å². The van der Waals surface area contributed by atoms with Crippen molar-refractivity contribution < 1.29 is 9.59 Å². The lowest BCUT2D eigenvalue weighted by atomic mass is 10.1. The van der Waals surface area contributed by atoms with Crippen molar-refractivity contribution in [3.8, 4) is 6.07 Å². The summed E-state index contributed by atoms with van der Waals surface area (Å²) in [6, 6.07) is 1.73. The van der Waals surface area contributed by atoms with Crippen molar-refractivity contribution in [3.05, 3.63) is 24.3 Å². The van der Waals surface area contributed by atoms with Crippen molar-refractivity contribution in [2.24, 2.45) is 16.6 Å². The second kappa shape index (κ2) is 4.55. The van der Waals surface area contributed by atoms with Gasteiger partial charge in [-0.2, -0.15) is 5.26 Å². The van der Waals surface area contributed by atoms with E-state index >= 15 is 0 Å². The third kappa shape index (κ3) is 2.15. The predicted octanol–water partition coefficient (Wildman–Crippen LogP) is 0.189. The number of primary amides is 1. The van der Waals surface area contributed by atoms with Gasteiger partial charge in [0, 0.05) is 0 Å². The minimum absolute atomic E-state index is 0.0588. The molecule has 0 fully saturated rings. The van der Waals surface area contributed by atoms with Gasteiger partial charge in [0.25, 0.3) is 5.91 Å². The summed E-state index contributed by atoms with van der Waals surface area (Å²) in [4.78, 5) is 26.5. The number of nitrogens with two attached hydrogens (primary N) is 1. The number of amides is 1. The Labute approximate surface area is 102 Å². The normalized spacial score (nSPS) is 26.9. The Balaban J connectivity index is 2.21. The Morgan fingerprint density at radius 2 is 2.18 bits per heavy atom. The van der Waals surface area contributed by atoms with Gasteiger partial charge in [-0.05, 0) is 0 Å². The SMILES string of the molecule is N#C[C@H](C(=O)C(N)=O)C1=N[C@@H]2C=CC=C[C@@H]2S1. The molecule has 3 atom stereocenters. The highest BCUT2D eigenvalue weighted by Gasteiger charge is 2.36. The van der Waals surface area contributed by atoms with E-state index in [9.17, 15) is 9.59 Å². The minimum atomic E-state index is -1.16. The summed E-state index contributed by atoms with van der Waals surface area (Å²) in [6.45, 7) is 0. The molecule has 17 heavy (non-hydrogen) atoms. The zero-order valence-electron chi connectivity index (χ0n) is 8.74. The Bertz CT molecular complexity index is 501. The maximum absolute atomic E-state index is 11.4. The molecule has 0 saturated heterocycles. The van der Waals surface area contributed by atoms with Gasteiger partial charge >= 0.3 is 0 Å². The Morgan fingerprint density at radius 1 is 1.47 bits per heavy atom. The first-order valence-corrected chi connectivity index (χ1v) is 5.84. The zero-order chi connectivity index (χ0) is 12.4. The Morgan fingerprint density at radius 3 is 2.76 bits per heavy atom. The van der Waals surface area contributed by atoms with E-state index in [1.54, 1.807) is 6.07 Å². The van der Waals surface area contributed by atoms with Gasteiger partial charge in [0.05, 0.1) is 22.4 Å². The first-order chi connectivity index (χ1) is 8.13. The van der Waals surface area contributed by atoms with E-state index in [2.05, 4.69) is 4.99 Å². The second-order valence-corrected chi connectivity index (χ2v) is 4.80. The number of carbonyl (C=O) groups is 2. The van der Waals surface area contributed by atoms with Crippen LogP contribution in [0.5, 0.6) is 0 Å². The molecule has 0 unspecified atom stereocenters. The van der Waals surface area contributed by atoms with Crippen LogP contribution in [0.1, 0.15) is 0 Å². The van der Waals surface area contributed by atoms with Crippen LogP contribution in [-0.2, 0) is 9.59 Å². The van der Waals surface area contributed by atoms with Gasteiger partial charge in [0.2, 0.25) is 5.78 Å². The van der Waals surface area contributed by atoms with Gasteiger partial charge in [-0.1, -0.05) is 36.1 Å². The van der Waals surface area contributed by atoms with Crippen LogP contribution in [0.4, 0.5) is 0 Å². The maximum Gasteiger partial charge on any atom is 0.286 e. The lowest BCUT2D eigenvalue weighted by Crippen LogP contribution is -2.32. The van der Waals surface area contributed by atoms with Crippen molar-refractivity contribution in [1.82, 2.24) is 0 Å². The van der Waals surface area contributed by atoms with E-state index in [1.807, 2.05) is 24.3 Å². The molecule has 0 aromatic carbocycles. The predicted molar refractivity (Wildman–Crippen MR) is 64.2 cm³/mol. The molecule has 86 valence electrons. The molecule has 0 saturated carbocycles. The van der Waals surface area contributed by atoms with E-state index in [0.29, 0.717) is 5.04 Å². The van der Waals surface area contributed by atoms with Crippen molar-refractivity contribution in [1.29, 1.82) is 5.26 Å². The summed E-state index contributed by atoms with van der Waals surface area (Å²) in [6.07, 6.45) is 7.61. The molecule has 1 heterocycles. The van der Waals surface area contributed by atoms with Crippen LogP contribution in [-0.4, -0.2) is 28.0 Å². The Hall–Kier alpha value is -1.87. The first kappa shape index (κ1) is 11.6. The molecule has 1 amide bonds. The highest BCUT2D eigenvalue weighted by atomic mass is 32.2. The third-order valence-corrected chi connectivity index (χ3v) is 3.76. The summed E-state index contributed by atoms with van der Waals surface area (Å²) >= 11 is 1.33. The lowest BCUT2D eigenvalue weighted by Gasteiger charge is -2.11. The van der Waals surface area contributed by atoms with Crippen LogP contribution in [0.2, 0.25) is 0 Å². The molecule has 0 aromatic heterocycles. The molecule has 0 spiro atoms. The van der Waals surface area contributed by atoms with E-state index in [1.165, 1.54) is 11.8 Å². The van der Waals surface area contributed by atoms with Crippen LogP contribution in [0.15, 0.2) is 29.3 Å². The van der Waals surface area contributed by atoms with Crippen molar-refractivity contribution in [2.45, 2.75) is 11.3 Å². The number of fused-ring (bicyclic) bond motifs is 1. The van der Waals surface area contributed by atoms with E-state index in [0.717, 1.165) is 0 Å². The lowest BCUT2D eigenvalue weighted by molar-refractivity contribution is -0.136. The monoisotopic (exact) mass is 247 g/mol. The first-order valence-electron chi connectivity index (χ1n) is 4.96. The number of hydrogen-bond acceptors (Lipinski definition) is 5. The molecule has 6 heteroatoms. The van der Waals surface area contributed by atoms with Crippen molar-refractivity contribution in [2.75, 3.05) is 0 Å². The number of nitrogens with zero attached hydrogens (tertiary/aromatic N) is 2. The summed E-state index contributed by atoms with van der Waals surface area (Å²) in [5, 5.41) is 9.41. The smallest absolute Gasteiger partial charge is 0.286 e. The van der Waals surface area contributed by atoms with Crippen molar-refractivity contribution in [3.63, 3.8) is 0 Å². The van der Waals surface area contributed by atoms with Crippen LogP contribution >= 0.6 is 11.8 Å². The number of Topliss-reactive ketones (excluding diaryl/α,β-unsaturated/α-hetero) is 1. The van der Waals surface area contributed by atoms with Crippen molar-refractivity contribution >= 4 is 28.5 Å². The zero-order valence-corrected chi connectivity index (χ0v) is 9.55. The molecule has 2 rings (SSSR count). The van der Waals surface area contributed by atoms with Crippen LogP contribution in [0, 0.1) is 17.2 Å². The molecule has 0 aromatic rings. The van der Waals surface area contributed by atoms with Gasteiger partial charge in [0.1, 0.15) is 0 Å². The van der Waals surface area contributed by atoms with Gasteiger partial charge < -0.3 is 5.73 Å². The van der Waals surface area contributed by atoms with Crippen LogP contribution in [0.3, 0.4) is 0 Å². The molecule has 2 N–H and O–H groups in total. The molecule has 2 aliphatic rings. The fourth-order valence-electron chi connectivity index (χ4n) is 1.63. The standard InChI is InChI=1S/C11H9N3O2S/c12-5-6(9(15)10(13)16)11-14-7-3-1-2-4-8(7)17-11/h1-4,6-8H,(H2,13,16)/t6-,7-,8+/m1/s1. The van der Waals surface area contributed by atoms with E-state index in [4.69, 9.17) is 11.0 Å². The van der Waals surface area contributed by atoms with Crippen LogP contribution < -0.4 is 5.73 Å². The molecule has 0 bridgehead atoms. The van der Waals surface area contributed by atoms with E-state index < -0.39 is 17.6 Å². The van der Waals surface area contributed by atoms with Crippen LogP contribution in [0.25, 0.3) is 0 Å². The number of nitriles is 1. The molecule has 1 aliphatic heterocycles. The fraction of sp³-hybridized carbons (Fsp3) is 0.273. The highest BCUT2D eigenvalue weighted by Crippen LogP contribution is 2.33. The molecular weight excluding hydrogens is 238 g/mol. The number of hydrogen-bond donors (Lipinski definition) is 1. The summed E-state index contributed by atoms with van der Waals surface area (Å²) in [5.41, 5.74) is 4.89. The number of aliphatic imine (C=N–C) groups is 1. The highest BCUT2D eigenvalue weighted by molar-refractivity contribution is 8.15. The second-order valence-electron chi connectivity index (χ2n) is 3.60. The maximum atomic E-state index is 11.4. The summed E-state index contributed by atoms with van der Waals surface area (Å²) in [7, 11) is 0. The molecule has 1 aliphatic carbocycles. The summed E-state index contributed by atoms with van der Waals surface area (Å²) in [5.74, 6) is -3.16. The van der Waals surface area contributed by atoms with Gasteiger partial charge in [0.15, 0.2) is 5.92 Å². The molecular formula is C11H9N3O2S. The van der Waals surface area contributed by atoms with Gasteiger partial charge in [-0.15, -0.1) is 0 Å². The minimum Gasteiger partial charge on any atom is -0.363 e. The average Bonchev–Trinajstić information content (AvgIpc) is 2.72. The summed E-state index contributed by atoms with van der Waals surface area (Å²) < 4.78 is 0. The largest absolute Gasteiger partial charge is 0.363 e. The average molecular weight is 247 g/mol. The number of rotatable bonds is 3. The Kier molecular flexibility index (Phi) is 3.11. The van der Waals surface area contributed by atoms with Gasteiger partial charge in [-0.25, -0.2) is 0 Å².